The summed E-state index contributed by atoms with van der Waals surface area (Å²) in [6.45, 7) is 6.50. The standard InChI is InChI=1S/C10H23NO2S2/c1-10(2,3)14-8-9(11-4)6-7-15(5,12)13/h9,11H,6-8H2,1-5H3. The lowest BCUT2D eigenvalue weighted by Gasteiger charge is -2.22. The third-order valence-corrected chi connectivity index (χ3v) is 4.38. The molecule has 0 aromatic rings. The van der Waals surface area contributed by atoms with Crippen molar-refractivity contribution in [2.45, 2.75) is 38.0 Å². The molecule has 0 amide bonds. The van der Waals surface area contributed by atoms with Crippen LogP contribution >= 0.6 is 11.8 Å². The summed E-state index contributed by atoms with van der Waals surface area (Å²) in [4.78, 5) is 0. The van der Waals surface area contributed by atoms with Crippen molar-refractivity contribution < 1.29 is 8.42 Å². The van der Waals surface area contributed by atoms with E-state index < -0.39 is 9.84 Å². The van der Waals surface area contributed by atoms with Gasteiger partial charge in [0.05, 0.1) is 5.75 Å². The van der Waals surface area contributed by atoms with Crippen LogP contribution < -0.4 is 5.32 Å². The van der Waals surface area contributed by atoms with Crippen molar-refractivity contribution in [3.05, 3.63) is 0 Å². The monoisotopic (exact) mass is 253 g/mol. The molecule has 0 rings (SSSR count). The number of hydrogen-bond donors (Lipinski definition) is 1. The van der Waals surface area contributed by atoms with E-state index in [4.69, 9.17) is 0 Å². The van der Waals surface area contributed by atoms with Crippen molar-refractivity contribution in [2.24, 2.45) is 0 Å². The van der Waals surface area contributed by atoms with Crippen molar-refractivity contribution in [1.82, 2.24) is 5.32 Å². The molecule has 1 atom stereocenters. The lowest BCUT2D eigenvalue weighted by atomic mass is 10.2. The van der Waals surface area contributed by atoms with E-state index in [9.17, 15) is 8.42 Å². The Labute approximate surface area is 98.3 Å². The molecule has 1 unspecified atom stereocenters. The maximum absolute atomic E-state index is 11.0. The minimum absolute atomic E-state index is 0.236. The Morgan fingerprint density at radius 1 is 1.33 bits per heavy atom. The molecule has 0 spiro atoms. The van der Waals surface area contributed by atoms with E-state index in [1.807, 2.05) is 18.8 Å². The molecule has 0 aromatic heterocycles. The summed E-state index contributed by atoms with van der Waals surface area (Å²) in [5, 5.41) is 3.16. The third-order valence-electron chi connectivity index (χ3n) is 1.96. The summed E-state index contributed by atoms with van der Waals surface area (Å²) in [6, 6.07) is 0.281. The Morgan fingerprint density at radius 2 is 1.87 bits per heavy atom. The molecule has 0 heterocycles. The van der Waals surface area contributed by atoms with Crippen LogP contribution in [-0.2, 0) is 9.84 Å². The van der Waals surface area contributed by atoms with Crippen molar-refractivity contribution in [1.29, 1.82) is 0 Å². The highest BCUT2D eigenvalue weighted by Gasteiger charge is 2.15. The van der Waals surface area contributed by atoms with Crippen LogP contribution in [0.5, 0.6) is 0 Å². The average Bonchev–Trinajstić information content (AvgIpc) is 2.00. The highest BCUT2D eigenvalue weighted by Crippen LogP contribution is 2.24. The smallest absolute Gasteiger partial charge is 0.147 e. The fraction of sp³-hybridized carbons (Fsp3) is 1.00. The van der Waals surface area contributed by atoms with Crippen LogP contribution in [-0.4, -0.2) is 44.0 Å². The normalized spacial score (nSPS) is 15.3. The second-order valence-electron chi connectivity index (χ2n) is 4.83. The topological polar surface area (TPSA) is 46.2 Å². The first kappa shape index (κ1) is 15.3. The zero-order valence-electron chi connectivity index (χ0n) is 10.3. The molecule has 0 bridgehead atoms. The van der Waals surface area contributed by atoms with E-state index in [-0.39, 0.29) is 16.5 Å². The van der Waals surface area contributed by atoms with Gasteiger partial charge >= 0.3 is 0 Å². The Balaban J connectivity index is 3.95. The Hall–Kier alpha value is 0.260. The number of hydrogen-bond acceptors (Lipinski definition) is 4. The quantitative estimate of drug-likeness (QED) is 0.780. The van der Waals surface area contributed by atoms with Crippen LogP contribution in [0.2, 0.25) is 0 Å². The fourth-order valence-corrected chi connectivity index (χ4v) is 2.77. The summed E-state index contributed by atoms with van der Waals surface area (Å²) >= 11 is 1.86. The maximum atomic E-state index is 11.0. The molecule has 0 saturated heterocycles. The van der Waals surface area contributed by atoms with Crippen molar-refractivity contribution >= 4 is 21.6 Å². The average molecular weight is 253 g/mol. The number of thioether (sulfide) groups is 1. The van der Waals surface area contributed by atoms with Gasteiger partial charge in [-0.3, -0.25) is 0 Å². The Bertz CT molecular complexity index is 268. The molecule has 5 heteroatoms. The molecule has 0 radical (unpaired) electrons. The molecule has 1 N–H and O–H groups in total. The Kier molecular flexibility index (Phi) is 6.21. The highest BCUT2D eigenvalue weighted by atomic mass is 32.2. The predicted octanol–water partition coefficient (Wildman–Crippen LogP) is 1.54. The molecule has 0 aliphatic heterocycles. The minimum Gasteiger partial charge on any atom is -0.316 e. The van der Waals surface area contributed by atoms with Crippen LogP contribution in [0.4, 0.5) is 0 Å². The molecule has 3 nitrogen and oxygen atoms in total. The lowest BCUT2D eigenvalue weighted by Crippen LogP contribution is -2.31. The van der Waals surface area contributed by atoms with Gasteiger partial charge in [0, 0.05) is 22.8 Å². The van der Waals surface area contributed by atoms with Crippen molar-refractivity contribution in [3.63, 3.8) is 0 Å². The number of sulfone groups is 1. The van der Waals surface area contributed by atoms with E-state index in [1.54, 1.807) is 0 Å². The Morgan fingerprint density at radius 3 is 2.20 bits per heavy atom. The molecule has 0 aromatic carbocycles. The third kappa shape index (κ3) is 10.5. The van der Waals surface area contributed by atoms with Crippen LogP contribution in [0.1, 0.15) is 27.2 Å². The molecule has 15 heavy (non-hydrogen) atoms. The van der Waals surface area contributed by atoms with Crippen LogP contribution in [0.15, 0.2) is 0 Å². The molecular formula is C10H23NO2S2. The first-order valence-corrected chi connectivity index (χ1v) is 8.17. The van der Waals surface area contributed by atoms with Crippen LogP contribution in [0, 0.1) is 0 Å². The lowest BCUT2D eigenvalue weighted by molar-refractivity contribution is 0.572. The molecule has 0 aliphatic carbocycles. The van der Waals surface area contributed by atoms with Crippen LogP contribution in [0.25, 0.3) is 0 Å². The molecule has 92 valence electrons. The van der Waals surface area contributed by atoms with Gasteiger partial charge in [-0.15, -0.1) is 0 Å². The zero-order valence-corrected chi connectivity index (χ0v) is 12.0. The molecule has 0 saturated carbocycles. The second kappa shape index (κ2) is 6.11. The van der Waals surface area contributed by atoms with Crippen molar-refractivity contribution in [3.8, 4) is 0 Å². The van der Waals surface area contributed by atoms with Crippen LogP contribution in [0.3, 0.4) is 0 Å². The highest BCUT2D eigenvalue weighted by molar-refractivity contribution is 8.00. The van der Waals surface area contributed by atoms with Gasteiger partial charge in [-0.05, 0) is 13.5 Å². The minimum atomic E-state index is -2.83. The fourth-order valence-electron chi connectivity index (χ4n) is 1.02. The molecular weight excluding hydrogens is 230 g/mol. The largest absolute Gasteiger partial charge is 0.316 e. The summed E-state index contributed by atoms with van der Waals surface area (Å²) in [7, 11) is -0.947. The van der Waals surface area contributed by atoms with Gasteiger partial charge in [0.25, 0.3) is 0 Å². The van der Waals surface area contributed by atoms with E-state index in [1.165, 1.54) is 6.26 Å². The SMILES string of the molecule is CNC(CCS(C)(=O)=O)CSC(C)(C)C. The van der Waals surface area contributed by atoms with Gasteiger partial charge in [0.15, 0.2) is 0 Å². The summed E-state index contributed by atoms with van der Waals surface area (Å²) in [6.07, 6.45) is 1.98. The summed E-state index contributed by atoms with van der Waals surface area (Å²) in [5.41, 5.74) is 0. The van der Waals surface area contributed by atoms with Crippen molar-refractivity contribution in [2.75, 3.05) is 24.8 Å². The molecule has 0 aliphatic rings. The number of nitrogens with one attached hydrogen (secondary N) is 1. The van der Waals surface area contributed by atoms with Gasteiger partial charge in [-0.2, -0.15) is 11.8 Å². The first-order valence-electron chi connectivity index (χ1n) is 5.13. The first-order chi connectivity index (χ1) is 6.64. The maximum Gasteiger partial charge on any atom is 0.147 e. The van der Waals surface area contributed by atoms with E-state index in [0.717, 1.165) is 5.75 Å². The van der Waals surface area contributed by atoms with E-state index >= 15 is 0 Å². The second-order valence-corrected chi connectivity index (χ2v) is 8.93. The van der Waals surface area contributed by atoms with Gasteiger partial charge < -0.3 is 5.32 Å². The van der Waals surface area contributed by atoms with Gasteiger partial charge in [-0.25, -0.2) is 8.42 Å². The predicted molar refractivity (Wildman–Crippen MR) is 69.4 cm³/mol. The van der Waals surface area contributed by atoms with Gasteiger partial charge in [-0.1, -0.05) is 20.8 Å². The van der Waals surface area contributed by atoms with Gasteiger partial charge in [0.2, 0.25) is 0 Å². The van der Waals surface area contributed by atoms with Gasteiger partial charge in [0.1, 0.15) is 9.84 Å². The summed E-state index contributed by atoms with van der Waals surface area (Å²) in [5.74, 6) is 1.22. The van der Waals surface area contributed by atoms with E-state index in [2.05, 4.69) is 26.1 Å². The summed E-state index contributed by atoms with van der Waals surface area (Å²) < 4.78 is 22.3. The zero-order chi connectivity index (χ0) is 12.1. The van der Waals surface area contributed by atoms with E-state index in [0.29, 0.717) is 6.42 Å². The molecule has 0 fully saturated rings. The number of rotatable bonds is 6.